The van der Waals surface area contributed by atoms with Crippen molar-refractivity contribution >= 4 is 23.5 Å². The summed E-state index contributed by atoms with van der Waals surface area (Å²) in [4.78, 5) is 24.8. The molecule has 1 amide bonds. The van der Waals surface area contributed by atoms with Gasteiger partial charge in [0, 0.05) is 6.04 Å². The number of carbonyl (C=O) groups is 2. The molecule has 7 heteroatoms. The second-order valence-electron chi connectivity index (χ2n) is 7.91. The molecule has 1 N–H and O–H groups in total. The van der Waals surface area contributed by atoms with E-state index in [4.69, 9.17) is 16.3 Å². The zero-order valence-corrected chi connectivity index (χ0v) is 17.9. The molecule has 0 bridgehead atoms. The highest BCUT2D eigenvalue weighted by Crippen LogP contribution is 2.29. The van der Waals surface area contributed by atoms with E-state index < -0.39 is 5.97 Å². The number of benzene rings is 1. The summed E-state index contributed by atoms with van der Waals surface area (Å²) >= 11 is 6.38. The van der Waals surface area contributed by atoms with Gasteiger partial charge in [0.1, 0.15) is 10.7 Å². The molecule has 3 atom stereocenters. The molecule has 0 unspecified atom stereocenters. The Balaban J connectivity index is 1.58. The molecule has 0 radical (unpaired) electrons. The Kier molecular flexibility index (Phi) is 6.96. The summed E-state index contributed by atoms with van der Waals surface area (Å²) in [6.07, 6.45) is 3.25. The average molecular weight is 418 g/mol. The molecule has 1 aromatic heterocycles. The third-order valence-corrected chi connectivity index (χ3v) is 6.22. The van der Waals surface area contributed by atoms with Gasteiger partial charge < -0.3 is 10.1 Å². The van der Waals surface area contributed by atoms with Crippen LogP contribution in [0.3, 0.4) is 0 Å². The smallest absolute Gasteiger partial charge is 0.343 e. The molecule has 2 aromatic rings. The van der Waals surface area contributed by atoms with Crippen LogP contribution in [0.2, 0.25) is 5.15 Å². The maximum atomic E-state index is 12.5. The lowest BCUT2D eigenvalue weighted by molar-refractivity contribution is -0.125. The number of hydrogen-bond acceptors (Lipinski definition) is 4. The molecule has 0 saturated heterocycles. The molecule has 156 valence electrons. The molecular formula is C22H28ClN3O3. The van der Waals surface area contributed by atoms with Gasteiger partial charge >= 0.3 is 5.97 Å². The number of carbonyl (C=O) groups excluding carboxylic acids is 2. The lowest BCUT2D eigenvalue weighted by Crippen LogP contribution is -2.45. The van der Waals surface area contributed by atoms with Crippen molar-refractivity contribution in [3.05, 3.63) is 52.3 Å². The first-order valence-corrected chi connectivity index (χ1v) is 10.5. The minimum atomic E-state index is -0.632. The van der Waals surface area contributed by atoms with Crippen LogP contribution in [0.15, 0.2) is 30.3 Å². The van der Waals surface area contributed by atoms with Gasteiger partial charge in [-0.1, -0.05) is 68.6 Å². The topological polar surface area (TPSA) is 73.2 Å². The number of halogens is 1. The Labute approximate surface area is 176 Å². The predicted octanol–water partition coefficient (Wildman–Crippen LogP) is 3.99. The first-order valence-electron chi connectivity index (χ1n) is 10.1. The SMILES string of the molecule is Cc1nn(Cc2ccccc2)c(Cl)c1C(=O)OCC(=O)N[C@@H]1CCC[C@@H](C)[C@@H]1C. The second kappa shape index (κ2) is 9.44. The lowest BCUT2D eigenvalue weighted by Gasteiger charge is -2.34. The number of aromatic nitrogens is 2. The minimum absolute atomic E-state index is 0.129. The molecule has 1 aliphatic rings. The van der Waals surface area contributed by atoms with Crippen molar-refractivity contribution in [3.63, 3.8) is 0 Å². The van der Waals surface area contributed by atoms with Crippen molar-refractivity contribution in [2.45, 2.75) is 52.6 Å². The normalized spacial score (nSPS) is 21.6. The molecule has 1 saturated carbocycles. The van der Waals surface area contributed by atoms with E-state index in [1.54, 1.807) is 11.6 Å². The summed E-state index contributed by atoms with van der Waals surface area (Å²) in [7, 11) is 0. The van der Waals surface area contributed by atoms with Crippen LogP contribution in [0, 0.1) is 18.8 Å². The molecule has 1 fully saturated rings. The van der Waals surface area contributed by atoms with E-state index in [1.807, 2.05) is 30.3 Å². The van der Waals surface area contributed by atoms with Crippen LogP contribution in [0.5, 0.6) is 0 Å². The number of rotatable bonds is 6. The van der Waals surface area contributed by atoms with E-state index in [1.165, 1.54) is 6.42 Å². The van der Waals surface area contributed by atoms with Gasteiger partial charge in [-0.3, -0.25) is 4.79 Å². The van der Waals surface area contributed by atoms with Crippen molar-refractivity contribution in [1.29, 1.82) is 0 Å². The van der Waals surface area contributed by atoms with Gasteiger partial charge in [-0.2, -0.15) is 5.10 Å². The fraction of sp³-hybridized carbons (Fsp3) is 0.500. The summed E-state index contributed by atoms with van der Waals surface area (Å²) in [5.74, 6) is 0.0756. The molecular weight excluding hydrogens is 390 g/mol. The van der Waals surface area contributed by atoms with E-state index in [0.29, 0.717) is 24.1 Å². The Morgan fingerprint density at radius 2 is 1.97 bits per heavy atom. The summed E-state index contributed by atoms with van der Waals surface area (Å²) in [5, 5.41) is 7.57. The zero-order chi connectivity index (χ0) is 21.0. The Morgan fingerprint density at radius 3 is 2.69 bits per heavy atom. The average Bonchev–Trinajstić information content (AvgIpc) is 2.97. The monoisotopic (exact) mass is 417 g/mol. The maximum absolute atomic E-state index is 12.5. The number of ether oxygens (including phenoxy) is 1. The third kappa shape index (κ3) is 5.18. The van der Waals surface area contributed by atoms with Crippen molar-refractivity contribution in [1.82, 2.24) is 15.1 Å². The molecule has 3 rings (SSSR count). The van der Waals surface area contributed by atoms with E-state index in [0.717, 1.165) is 18.4 Å². The molecule has 1 aliphatic carbocycles. The van der Waals surface area contributed by atoms with Crippen LogP contribution < -0.4 is 5.32 Å². The molecule has 6 nitrogen and oxygen atoms in total. The Morgan fingerprint density at radius 1 is 1.24 bits per heavy atom. The van der Waals surface area contributed by atoms with Gasteiger partial charge in [0.15, 0.2) is 6.61 Å². The summed E-state index contributed by atoms with van der Waals surface area (Å²) in [5.41, 5.74) is 1.70. The first-order chi connectivity index (χ1) is 13.9. The van der Waals surface area contributed by atoms with Gasteiger partial charge in [0.25, 0.3) is 5.91 Å². The quantitative estimate of drug-likeness (QED) is 0.721. The van der Waals surface area contributed by atoms with Crippen LogP contribution in [-0.4, -0.2) is 34.3 Å². The standard InChI is InChI=1S/C22H28ClN3O3/c1-14-8-7-11-18(15(14)2)24-19(27)13-29-22(28)20-16(3)25-26(21(20)23)12-17-9-5-4-6-10-17/h4-6,9-10,14-15,18H,7-8,11-13H2,1-3H3,(H,24,27)/t14-,15+,18-/m1/s1. The van der Waals surface area contributed by atoms with E-state index in [-0.39, 0.29) is 29.3 Å². The van der Waals surface area contributed by atoms with E-state index in [2.05, 4.69) is 24.3 Å². The predicted molar refractivity (Wildman–Crippen MR) is 112 cm³/mol. The molecule has 29 heavy (non-hydrogen) atoms. The largest absolute Gasteiger partial charge is 0.452 e. The summed E-state index contributed by atoms with van der Waals surface area (Å²) in [6.45, 7) is 6.20. The number of hydrogen-bond donors (Lipinski definition) is 1. The molecule has 1 aromatic carbocycles. The highest BCUT2D eigenvalue weighted by Gasteiger charge is 2.29. The fourth-order valence-corrected chi connectivity index (χ4v) is 4.20. The van der Waals surface area contributed by atoms with Crippen molar-refractivity contribution in [2.24, 2.45) is 11.8 Å². The van der Waals surface area contributed by atoms with Crippen LogP contribution in [0.25, 0.3) is 0 Å². The number of amides is 1. The summed E-state index contributed by atoms with van der Waals surface area (Å²) < 4.78 is 6.79. The minimum Gasteiger partial charge on any atom is -0.452 e. The third-order valence-electron chi connectivity index (χ3n) is 5.83. The van der Waals surface area contributed by atoms with Gasteiger partial charge in [0.05, 0.1) is 12.2 Å². The van der Waals surface area contributed by atoms with Gasteiger partial charge in [-0.25, -0.2) is 9.48 Å². The number of nitrogens with one attached hydrogen (secondary N) is 1. The van der Waals surface area contributed by atoms with Crippen molar-refractivity contribution < 1.29 is 14.3 Å². The van der Waals surface area contributed by atoms with Crippen LogP contribution in [-0.2, 0) is 16.1 Å². The maximum Gasteiger partial charge on any atom is 0.343 e. The van der Waals surface area contributed by atoms with Crippen LogP contribution >= 0.6 is 11.6 Å². The Bertz CT molecular complexity index is 866. The lowest BCUT2D eigenvalue weighted by atomic mass is 9.78. The van der Waals surface area contributed by atoms with Crippen molar-refractivity contribution in [3.8, 4) is 0 Å². The van der Waals surface area contributed by atoms with Gasteiger partial charge in [0.2, 0.25) is 0 Å². The Hall–Kier alpha value is -2.34. The van der Waals surface area contributed by atoms with Crippen molar-refractivity contribution in [2.75, 3.05) is 6.61 Å². The highest BCUT2D eigenvalue weighted by atomic mass is 35.5. The molecule has 0 aliphatic heterocycles. The molecule has 0 spiro atoms. The zero-order valence-electron chi connectivity index (χ0n) is 17.2. The van der Waals surface area contributed by atoms with Gasteiger partial charge in [-0.05, 0) is 30.7 Å². The number of aryl methyl sites for hydroxylation is 1. The van der Waals surface area contributed by atoms with Crippen LogP contribution in [0.1, 0.15) is 54.7 Å². The van der Waals surface area contributed by atoms with E-state index in [9.17, 15) is 9.59 Å². The second-order valence-corrected chi connectivity index (χ2v) is 8.27. The summed E-state index contributed by atoms with van der Waals surface area (Å²) in [6, 6.07) is 9.85. The fourth-order valence-electron chi connectivity index (χ4n) is 3.88. The van der Waals surface area contributed by atoms with E-state index >= 15 is 0 Å². The first kappa shape index (κ1) is 21.4. The highest BCUT2D eigenvalue weighted by molar-refractivity contribution is 6.32. The molecule has 1 heterocycles. The van der Waals surface area contributed by atoms with Crippen LogP contribution in [0.4, 0.5) is 0 Å². The van der Waals surface area contributed by atoms with Gasteiger partial charge in [-0.15, -0.1) is 0 Å². The number of nitrogens with zero attached hydrogens (tertiary/aromatic N) is 2. The number of esters is 1.